The third-order valence-corrected chi connectivity index (χ3v) is 6.71. The summed E-state index contributed by atoms with van der Waals surface area (Å²) >= 11 is 0. The predicted molar refractivity (Wildman–Crippen MR) is 170 cm³/mol. The van der Waals surface area contributed by atoms with E-state index in [1.807, 2.05) is 14.1 Å². The molecule has 13 heteroatoms. The van der Waals surface area contributed by atoms with E-state index < -0.39 is 5.97 Å². The molecule has 44 heavy (non-hydrogen) atoms. The van der Waals surface area contributed by atoms with Crippen LogP contribution in [0.4, 0.5) is 0 Å². The topological polar surface area (TPSA) is 166 Å². The molecule has 0 spiro atoms. The number of hydrogen-bond donors (Lipinski definition) is 5. The molecule has 2 amide bonds. The fraction of sp³-hybridized carbons (Fsp3) is 0.903. The lowest BCUT2D eigenvalue weighted by Crippen LogP contribution is -2.29. The summed E-state index contributed by atoms with van der Waals surface area (Å²) in [6, 6.07) is 0. The highest BCUT2D eigenvalue weighted by Crippen LogP contribution is 2.18. The van der Waals surface area contributed by atoms with Gasteiger partial charge in [0.05, 0.1) is 65.9 Å². The maximum absolute atomic E-state index is 12.5. The summed E-state index contributed by atoms with van der Waals surface area (Å²) in [7, 11) is 3.89. The van der Waals surface area contributed by atoms with Crippen molar-refractivity contribution in [1.82, 2.24) is 21.3 Å². The molecular weight excluding hydrogens is 572 g/mol. The molecule has 0 aromatic heterocycles. The molecule has 0 saturated heterocycles. The molecule has 1 unspecified atom stereocenters. The Balaban J connectivity index is 3.78. The van der Waals surface area contributed by atoms with Gasteiger partial charge in [0, 0.05) is 32.5 Å². The van der Waals surface area contributed by atoms with Gasteiger partial charge in [-0.3, -0.25) is 14.4 Å². The van der Waals surface area contributed by atoms with Crippen LogP contribution in [0.3, 0.4) is 0 Å². The Morgan fingerprint density at radius 1 is 0.523 bits per heavy atom. The normalized spacial score (nSPS) is 11.9. The van der Waals surface area contributed by atoms with Gasteiger partial charge in [0.15, 0.2) is 0 Å². The van der Waals surface area contributed by atoms with E-state index in [1.54, 1.807) is 0 Å². The first-order valence-electron chi connectivity index (χ1n) is 16.4. The fourth-order valence-corrected chi connectivity index (χ4v) is 4.26. The summed E-state index contributed by atoms with van der Waals surface area (Å²) in [5.74, 6) is -0.497. The van der Waals surface area contributed by atoms with Gasteiger partial charge in [0.1, 0.15) is 0 Å². The molecule has 1 atom stereocenters. The maximum Gasteiger partial charge on any atom is 0.305 e. The van der Waals surface area contributed by atoms with Crippen LogP contribution in [-0.2, 0) is 38.1 Å². The second-order valence-corrected chi connectivity index (χ2v) is 10.6. The Hall–Kier alpha value is -1.87. The van der Waals surface area contributed by atoms with Crippen molar-refractivity contribution in [1.29, 1.82) is 0 Å². The van der Waals surface area contributed by atoms with Gasteiger partial charge in [0.2, 0.25) is 11.8 Å². The second kappa shape index (κ2) is 34.0. The number of ether oxygens (including phenoxy) is 5. The third-order valence-electron chi connectivity index (χ3n) is 6.71. The minimum absolute atomic E-state index is 0.0108. The van der Waals surface area contributed by atoms with Gasteiger partial charge in [-0.05, 0) is 78.0 Å². The number of hydrogen-bond acceptors (Lipinski definition) is 10. The SMILES string of the molecule is CNCCCCCOCCC(=O)NCCCCC(CCCNC)CC(=O)NCCOCCOCCOCCOCCC(=O)O. The molecule has 0 fully saturated rings. The lowest BCUT2D eigenvalue weighted by Gasteiger charge is -2.17. The van der Waals surface area contributed by atoms with Crippen molar-refractivity contribution in [2.24, 2.45) is 5.92 Å². The molecule has 0 aromatic carbocycles. The van der Waals surface area contributed by atoms with E-state index in [0.29, 0.717) is 91.3 Å². The third kappa shape index (κ3) is 33.0. The summed E-state index contributed by atoms with van der Waals surface area (Å²) in [6.07, 6.45) is 9.01. The summed E-state index contributed by atoms with van der Waals surface area (Å²) in [4.78, 5) is 34.9. The molecule has 0 aliphatic heterocycles. The fourth-order valence-electron chi connectivity index (χ4n) is 4.26. The van der Waals surface area contributed by atoms with Gasteiger partial charge < -0.3 is 50.1 Å². The van der Waals surface area contributed by atoms with Crippen LogP contribution in [0.5, 0.6) is 0 Å². The van der Waals surface area contributed by atoms with Gasteiger partial charge in [-0.1, -0.05) is 6.42 Å². The molecule has 0 rings (SSSR count). The highest BCUT2D eigenvalue weighted by molar-refractivity contribution is 5.76. The van der Waals surface area contributed by atoms with Crippen molar-refractivity contribution in [2.75, 3.05) is 106 Å². The molecule has 13 nitrogen and oxygen atoms in total. The van der Waals surface area contributed by atoms with Gasteiger partial charge in [-0.25, -0.2) is 0 Å². The van der Waals surface area contributed by atoms with Crippen molar-refractivity contribution in [2.45, 2.75) is 70.6 Å². The summed E-state index contributed by atoms with van der Waals surface area (Å²) in [6.45, 7) is 7.31. The first-order chi connectivity index (χ1) is 21.5. The molecular formula is C31H62N4O9. The lowest BCUT2D eigenvalue weighted by molar-refractivity contribution is -0.138. The Morgan fingerprint density at radius 3 is 1.70 bits per heavy atom. The zero-order chi connectivity index (χ0) is 32.4. The number of carbonyl (C=O) groups is 3. The zero-order valence-corrected chi connectivity index (χ0v) is 27.5. The number of rotatable bonds is 35. The highest BCUT2D eigenvalue weighted by atomic mass is 16.6. The van der Waals surface area contributed by atoms with Crippen LogP contribution in [0.1, 0.15) is 70.6 Å². The minimum Gasteiger partial charge on any atom is -0.481 e. The predicted octanol–water partition coefficient (Wildman–Crippen LogP) is 1.73. The highest BCUT2D eigenvalue weighted by Gasteiger charge is 2.14. The minimum atomic E-state index is -0.880. The van der Waals surface area contributed by atoms with Crippen LogP contribution in [0.2, 0.25) is 0 Å². The maximum atomic E-state index is 12.5. The van der Waals surface area contributed by atoms with E-state index >= 15 is 0 Å². The number of carboxylic acid groups (broad SMARTS) is 1. The van der Waals surface area contributed by atoms with Crippen LogP contribution >= 0.6 is 0 Å². The van der Waals surface area contributed by atoms with Crippen molar-refractivity contribution < 1.29 is 43.2 Å². The van der Waals surface area contributed by atoms with E-state index in [9.17, 15) is 14.4 Å². The Kier molecular flexibility index (Phi) is 32.6. The first-order valence-corrected chi connectivity index (χ1v) is 16.4. The van der Waals surface area contributed by atoms with Gasteiger partial charge >= 0.3 is 5.97 Å². The largest absolute Gasteiger partial charge is 0.481 e. The van der Waals surface area contributed by atoms with E-state index in [2.05, 4.69) is 21.3 Å². The van der Waals surface area contributed by atoms with E-state index in [-0.39, 0.29) is 24.8 Å². The number of amides is 2. The van der Waals surface area contributed by atoms with Crippen LogP contribution in [0.25, 0.3) is 0 Å². The molecule has 0 aliphatic rings. The van der Waals surface area contributed by atoms with Crippen LogP contribution in [-0.4, -0.2) is 129 Å². The van der Waals surface area contributed by atoms with Crippen LogP contribution < -0.4 is 21.3 Å². The van der Waals surface area contributed by atoms with Gasteiger partial charge in [-0.15, -0.1) is 0 Å². The number of carbonyl (C=O) groups excluding carboxylic acids is 2. The van der Waals surface area contributed by atoms with Crippen LogP contribution in [0.15, 0.2) is 0 Å². The molecule has 0 heterocycles. The molecule has 0 aliphatic carbocycles. The number of carboxylic acids is 1. The lowest BCUT2D eigenvalue weighted by atomic mass is 9.93. The smallest absolute Gasteiger partial charge is 0.305 e. The molecule has 0 radical (unpaired) electrons. The Labute approximate surface area is 265 Å². The molecule has 0 bridgehead atoms. The summed E-state index contributed by atoms with van der Waals surface area (Å²) in [5.41, 5.74) is 0. The van der Waals surface area contributed by atoms with Crippen LogP contribution in [0, 0.1) is 5.92 Å². The second-order valence-electron chi connectivity index (χ2n) is 10.6. The monoisotopic (exact) mass is 634 g/mol. The van der Waals surface area contributed by atoms with Crippen molar-refractivity contribution >= 4 is 17.8 Å². The standard InChI is InChI=1S/C31H62N4O9/c1-32-13-5-3-7-17-40-18-11-29(36)34-15-6-4-9-28(10-8-14-33-2)27-30(37)35-16-20-42-22-24-44-26-25-43-23-21-41-19-12-31(38)39/h28,32-33H,3-27H2,1-2H3,(H,34,36)(H,35,37)(H,38,39). The van der Waals surface area contributed by atoms with E-state index in [0.717, 1.165) is 64.5 Å². The number of nitrogens with one attached hydrogen (secondary N) is 4. The van der Waals surface area contributed by atoms with Crippen molar-refractivity contribution in [3.05, 3.63) is 0 Å². The molecule has 0 aromatic rings. The number of unbranched alkanes of at least 4 members (excludes halogenated alkanes) is 3. The Bertz CT molecular complexity index is 674. The summed E-state index contributed by atoms with van der Waals surface area (Å²) in [5, 5.41) is 20.7. The Morgan fingerprint density at radius 2 is 1.05 bits per heavy atom. The van der Waals surface area contributed by atoms with E-state index in [4.69, 9.17) is 28.8 Å². The average molecular weight is 635 g/mol. The average Bonchev–Trinajstić information content (AvgIpc) is 3.00. The van der Waals surface area contributed by atoms with E-state index in [1.165, 1.54) is 0 Å². The zero-order valence-electron chi connectivity index (χ0n) is 27.5. The van der Waals surface area contributed by atoms with Gasteiger partial charge in [-0.2, -0.15) is 0 Å². The van der Waals surface area contributed by atoms with Crippen molar-refractivity contribution in [3.63, 3.8) is 0 Å². The molecule has 5 N–H and O–H groups in total. The number of aliphatic carboxylic acids is 1. The molecule has 0 saturated carbocycles. The first kappa shape index (κ1) is 42.1. The van der Waals surface area contributed by atoms with Gasteiger partial charge in [0.25, 0.3) is 0 Å². The quantitative estimate of drug-likeness (QED) is 0.0645. The van der Waals surface area contributed by atoms with Crippen molar-refractivity contribution in [3.8, 4) is 0 Å². The summed E-state index contributed by atoms with van der Waals surface area (Å²) < 4.78 is 27.0. The molecule has 260 valence electrons.